The van der Waals surface area contributed by atoms with E-state index in [2.05, 4.69) is 31.2 Å². The first-order valence-electron chi connectivity index (χ1n) is 7.91. The quantitative estimate of drug-likeness (QED) is 0.712. The van der Waals surface area contributed by atoms with Crippen LogP contribution in [0.3, 0.4) is 0 Å². The number of ether oxygens (including phenoxy) is 1. The van der Waals surface area contributed by atoms with Crippen molar-refractivity contribution in [2.75, 3.05) is 13.2 Å². The summed E-state index contributed by atoms with van der Waals surface area (Å²) in [6, 6.07) is 9.67. The fourth-order valence-electron chi connectivity index (χ4n) is 2.27. The van der Waals surface area contributed by atoms with E-state index in [0.717, 1.165) is 27.3 Å². The van der Waals surface area contributed by atoms with Crippen molar-refractivity contribution in [2.45, 2.75) is 32.4 Å². The highest BCUT2D eigenvalue weighted by Crippen LogP contribution is 2.31. The van der Waals surface area contributed by atoms with Crippen LogP contribution in [-0.4, -0.2) is 35.1 Å². The molecule has 0 aliphatic heterocycles. The molecule has 128 valence electrons. The van der Waals surface area contributed by atoms with Gasteiger partial charge in [-0.2, -0.15) is 0 Å². The second-order valence-corrected chi connectivity index (χ2v) is 7.65. The number of rotatable bonds is 6. The third kappa shape index (κ3) is 4.14. The molecule has 5 nitrogen and oxygen atoms in total. The lowest BCUT2D eigenvalue weighted by molar-refractivity contribution is 0.100. The fraction of sp³-hybridized carbons (Fsp3) is 0.389. The maximum atomic E-state index is 9.96. The summed E-state index contributed by atoms with van der Waals surface area (Å²) in [6.07, 6.45) is -0.551. The van der Waals surface area contributed by atoms with Crippen LogP contribution in [0.2, 0.25) is 0 Å². The molecule has 0 fully saturated rings. The number of nitrogens with one attached hydrogen (secondary N) is 1. The van der Waals surface area contributed by atoms with Crippen molar-refractivity contribution < 1.29 is 14.4 Å². The lowest BCUT2D eigenvalue weighted by atomic mass is 10.1. The second kappa shape index (κ2) is 6.93. The van der Waals surface area contributed by atoms with Crippen molar-refractivity contribution in [3.63, 3.8) is 0 Å². The van der Waals surface area contributed by atoms with Crippen LogP contribution in [-0.2, 0) is 0 Å². The van der Waals surface area contributed by atoms with Gasteiger partial charge in [0.15, 0.2) is 0 Å². The van der Waals surface area contributed by atoms with E-state index in [0.29, 0.717) is 6.54 Å². The molecule has 2 heterocycles. The zero-order valence-electron chi connectivity index (χ0n) is 14.1. The lowest BCUT2D eigenvalue weighted by Gasteiger charge is -2.22. The van der Waals surface area contributed by atoms with Gasteiger partial charge in [-0.15, -0.1) is 11.3 Å². The molecule has 0 aliphatic rings. The van der Waals surface area contributed by atoms with Crippen molar-refractivity contribution >= 4 is 21.6 Å². The van der Waals surface area contributed by atoms with Gasteiger partial charge in [0, 0.05) is 17.6 Å². The summed E-state index contributed by atoms with van der Waals surface area (Å²) >= 11 is 1.54. The summed E-state index contributed by atoms with van der Waals surface area (Å²) in [4.78, 5) is 0.833. The van der Waals surface area contributed by atoms with Gasteiger partial charge >= 0.3 is 0 Å². The maximum Gasteiger partial charge on any atom is 0.221 e. The molecule has 1 aromatic carbocycles. The number of thiophene rings is 1. The summed E-state index contributed by atoms with van der Waals surface area (Å²) in [7, 11) is 0. The highest BCUT2D eigenvalue weighted by atomic mass is 32.1. The van der Waals surface area contributed by atoms with Gasteiger partial charge in [0.1, 0.15) is 24.2 Å². The Balaban J connectivity index is 1.58. The Hall–Kier alpha value is -1.89. The molecule has 1 atom stereocenters. The smallest absolute Gasteiger partial charge is 0.221 e. The van der Waals surface area contributed by atoms with Crippen LogP contribution in [0.4, 0.5) is 0 Å². The first kappa shape index (κ1) is 17.0. The normalized spacial score (nSPS) is 13.3. The second-order valence-electron chi connectivity index (χ2n) is 6.77. The highest BCUT2D eigenvalue weighted by Gasteiger charge is 2.13. The Morgan fingerprint density at radius 3 is 2.71 bits per heavy atom. The summed E-state index contributed by atoms with van der Waals surface area (Å²) in [5.41, 5.74) is 1.80. The van der Waals surface area contributed by atoms with Crippen LogP contribution in [0.25, 0.3) is 21.5 Å². The first-order valence-corrected chi connectivity index (χ1v) is 8.79. The van der Waals surface area contributed by atoms with Crippen LogP contribution in [0.15, 0.2) is 40.2 Å². The number of aromatic nitrogens is 1. The monoisotopic (exact) mass is 346 g/mol. The van der Waals surface area contributed by atoms with Crippen molar-refractivity contribution in [1.82, 2.24) is 10.5 Å². The van der Waals surface area contributed by atoms with Gasteiger partial charge < -0.3 is 19.7 Å². The van der Waals surface area contributed by atoms with Crippen LogP contribution in [0.1, 0.15) is 20.8 Å². The van der Waals surface area contributed by atoms with E-state index in [1.54, 1.807) is 0 Å². The van der Waals surface area contributed by atoms with Crippen LogP contribution in [0, 0.1) is 0 Å². The molecule has 2 aromatic heterocycles. The number of aliphatic hydroxyl groups is 1. The minimum Gasteiger partial charge on any atom is -0.491 e. The zero-order chi connectivity index (χ0) is 17.2. The molecule has 0 bridgehead atoms. The molecule has 0 radical (unpaired) electrons. The number of hydrogen-bond donors (Lipinski definition) is 2. The number of benzene rings is 1. The van der Waals surface area contributed by atoms with E-state index in [1.807, 2.05) is 35.7 Å². The predicted molar refractivity (Wildman–Crippen MR) is 96.6 cm³/mol. The third-order valence-electron chi connectivity index (χ3n) is 3.54. The predicted octanol–water partition coefficient (Wildman–Crippen LogP) is 3.68. The minimum absolute atomic E-state index is 0.0206. The van der Waals surface area contributed by atoms with E-state index in [4.69, 9.17) is 9.26 Å². The highest BCUT2D eigenvalue weighted by molar-refractivity contribution is 7.16. The largest absolute Gasteiger partial charge is 0.491 e. The van der Waals surface area contributed by atoms with Crippen molar-refractivity contribution in [1.29, 1.82) is 0 Å². The fourth-order valence-corrected chi connectivity index (χ4v) is 2.97. The van der Waals surface area contributed by atoms with E-state index in [-0.39, 0.29) is 12.1 Å². The lowest BCUT2D eigenvalue weighted by Crippen LogP contribution is -2.42. The number of β-amino-alcohol motifs (C(OH)–C–C–N with tert-alkyl or cyclic N) is 1. The summed E-state index contributed by atoms with van der Waals surface area (Å²) in [5.74, 6) is 0.721. The summed E-state index contributed by atoms with van der Waals surface area (Å²) < 4.78 is 11.0. The average molecular weight is 346 g/mol. The molecule has 1 unspecified atom stereocenters. The molecular weight excluding hydrogens is 324 g/mol. The van der Waals surface area contributed by atoms with Crippen LogP contribution in [0.5, 0.6) is 5.75 Å². The molecule has 24 heavy (non-hydrogen) atoms. The van der Waals surface area contributed by atoms with Gasteiger partial charge in [0.05, 0.1) is 5.39 Å². The van der Waals surface area contributed by atoms with Crippen molar-refractivity contribution in [2.24, 2.45) is 0 Å². The Bertz CT molecular complexity index is 787. The van der Waals surface area contributed by atoms with E-state index in [9.17, 15) is 5.11 Å². The maximum absolute atomic E-state index is 9.96. The number of hydrogen-bond acceptors (Lipinski definition) is 6. The topological polar surface area (TPSA) is 67.5 Å². The number of aliphatic hydroxyl groups excluding tert-OH is 1. The summed E-state index contributed by atoms with van der Waals surface area (Å²) in [5, 5.41) is 20.4. The zero-order valence-corrected chi connectivity index (χ0v) is 14.9. The SMILES string of the molecule is CC(C)(C)NCC(O)COc1ccc(-c2noc3sccc23)cc1. The Morgan fingerprint density at radius 1 is 1.25 bits per heavy atom. The van der Waals surface area contributed by atoms with E-state index in [1.165, 1.54) is 11.3 Å². The van der Waals surface area contributed by atoms with Gasteiger partial charge in [-0.25, -0.2) is 0 Å². The third-order valence-corrected chi connectivity index (χ3v) is 4.32. The van der Waals surface area contributed by atoms with Gasteiger partial charge in [0.2, 0.25) is 4.90 Å². The standard InChI is InChI=1S/C18H22N2O3S/c1-18(2,3)19-10-13(21)11-22-14-6-4-12(5-7-14)16-15-8-9-24-17(15)23-20-16/h4-9,13,19,21H,10-11H2,1-3H3. The summed E-state index contributed by atoms with van der Waals surface area (Å²) in [6.45, 7) is 6.94. The molecular formula is C18H22N2O3S. The van der Waals surface area contributed by atoms with Crippen molar-refractivity contribution in [3.8, 4) is 17.0 Å². The van der Waals surface area contributed by atoms with Gasteiger partial charge in [-0.05, 0) is 56.5 Å². The Labute approximate surface area is 145 Å². The van der Waals surface area contributed by atoms with E-state index >= 15 is 0 Å². The Kier molecular flexibility index (Phi) is 4.89. The minimum atomic E-state index is -0.551. The first-order chi connectivity index (χ1) is 11.4. The Morgan fingerprint density at radius 2 is 2.00 bits per heavy atom. The molecule has 6 heteroatoms. The molecule has 2 N–H and O–H groups in total. The van der Waals surface area contributed by atoms with Crippen LogP contribution < -0.4 is 10.1 Å². The molecule has 0 saturated carbocycles. The number of nitrogens with zero attached hydrogens (tertiary/aromatic N) is 1. The van der Waals surface area contributed by atoms with Crippen LogP contribution >= 0.6 is 11.3 Å². The molecule has 0 saturated heterocycles. The van der Waals surface area contributed by atoms with Gasteiger partial charge in [-0.1, -0.05) is 5.16 Å². The molecule has 0 spiro atoms. The molecule has 3 aromatic rings. The average Bonchev–Trinajstić information content (AvgIpc) is 3.14. The molecule has 3 rings (SSSR count). The molecule has 0 amide bonds. The van der Waals surface area contributed by atoms with Gasteiger partial charge in [0.25, 0.3) is 0 Å². The molecule has 0 aliphatic carbocycles. The van der Waals surface area contributed by atoms with Gasteiger partial charge in [-0.3, -0.25) is 0 Å². The number of fused-ring (bicyclic) bond motifs is 1. The van der Waals surface area contributed by atoms with Crippen molar-refractivity contribution in [3.05, 3.63) is 35.7 Å². The van der Waals surface area contributed by atoms with E-state index < -0.39 is 6.10 Å².